The summed E-state index contributed by atoms with van der Waals surface area (Å²) in [6.45, 7) is 5.43. The van der Waals surface area contributed by atoms with Crippen LogP contribution in [0.3, 0.4) is 0 Å². The van der Waals surface area contributed by atoms with E-state index in [1.54, 1.807) is 4.90 Å². The predicted octanol–water partition coefficient (Wildman–Crippen LogP) is 1.58. The molecule has 7 heteroatoms. The van der Waals surface area contributed by atoms with Gasteiger partial charge in [0.1, 0.15) is 17.8 Å². The number of carbonyl (C=O) groups excluding carboxylic acids is 2. The summed E-state index contributed by atoms with van der Waals surface area (Å²) >= 11 is 3.41. The number of epoxide rings is 1. The first-order valence-corrected chi connectivity index (χ1v) is 7.20. The summed E-state index contributed by atoms with van der Waals surface area (Å²) < 4.78 is 16.4. The minimum atomic E-state index is -0.581. The average Bonchev–Trinajstić information content (AvgIpc) is 2.98. The quantitative estimate of drug-likeness (QED) is 0.533. The first kappa shape index (κ1) is 13.9. The maximum Gasteiger partial charge on any atom is 0.411 e. The Kier molecular flexibility index (Phi) is 2.92. The molecule has 0 aliphatic carbocycles. The highest BCUT2D eigenvalue weighted by molar-refractivity contribution is 9.11. The number of rotatable bonds is 1. The highest BCUT2D eigenvalue weighted by atomic mass is 79.9. The number of amides is 1. The molecule has 0 aromatic rings. The molecule has 1 amide bonds. The van der Waals surface area contributed by atoms with Gasteiger partial charge in [-0.1, -0.05) is 15.9 Å². The lowest BCUT2D eigenvalue weighted by molar-refractivity contribution is -0.136. The number of ether oxygens (including phenoxy) is 3. The summed E-state index contributed by atoms with van der Waals surface area (Å²) in [4.78, 5) is 25.8. The SMILES string of the molecule is COC(=O)C1=C(Br)[C@H]2[C@@H]3O[C@@H]3[C@@H]1N2C(=O)OC(C)(C)C. The van der Waals surface area contributed by atoms with Crippen LogP contribution in [0.2, 0.25) is 0 Å². The van der Waals surface area contributed by atoms with Crippen molar-refractivity contribution in [2.45, 2.75) is 50.7 Å². The van der Waals surface area contributed by atoms with Crippen LogP contribution in [0, 0.1) is 0 Å². The van der Waals surface area contributed by atoms with Crippen LogP contribution in [-0.4, -0.2) is 54.0 Å². The first-order chi connectivity index (χ1) is 9.26. The van der Waals surface area contributed by atoms with Crippen LogP contribution in [0.15, 0.2) is 10.1 Å². The van der Waals surface area contributed by atoms with Gasteiger partial charge in [0.05, 0.1) is 24.8 Å². The molecule has 0 N–H and O–H groups in total. The van der Waals surface area contributed by atoms with Crippen LogP contribution in [-0.2, 0) is 19.0 Å². The van der Waals surface area contributed by atoms with Crippen molar-refractivity contribution in [2.75, 3.05) is 7.11 Å². The molecule has 2 fully saturated rings. The number of fused-ring (bicyclic) bond motifs is 5. The van der Waals surface area contributed by atoms with E-state index in [9.17, 15) is 9.59 Å². The maximum atomic E-state index is 12.3. The normalized spacial score (nSPS) is 34.1. The van der Waals surface area contributed by atoms with Crippen LogP contribution >= 0.6 is 15.9 Å². The van der Waals surface area contributed by atoms with Crippen LogP contribution in [0.5, 0.6) is 0 Å². The van der Waals surface area contributed by atoms with E-state index < -0.39 is 23.7 Å². The van der Waals surface area contributed by atoms with Crippen LogP contribution < -0.4 is 0 Å². The van der Waals surface area contributed by atoms with Gasteiger partial charge in [0.15, 0.2) is 0 Å². The number of morpholine rings is 1. The molecule has 6 nitrogen and oxygen atoms in total. The molecule has 3 rings (SSSR count). The van der Waals surface area contributed by atoms with E-state index in [1.165, 1.54) is 7.11 Å². The summed E-state index contributed by atoms with van der Waals surface area (Å²) in [5.74, 6) is -0.438. The summed E-state index contributed by atoms with van der Waals surface area (Å²) in [6, 6.07) is -0.698. The molecule has 3 heterocycles. The molecular weight excluding hydrogens is 330 g/mol. The minimum absolute atomic E-state index is 0.0460. The number of esters is 1. The lowest BCUT2D eigenvalue weighted by Gasteiger charge is -2.29. The Hall–Kier alpha value is -1.08. The van der Waals surface area contributed by atoms with E-state index in [1.807, 2.05) is 20.8 Å². The van der Waals surface area contributed by atoms with Gasteiger partial charge in [-0.15, -0.1) is 0 Å². The van der Waals surface area contributed by atoms with Crippen molar-refractivity contribution in [3.8, 4) is 0 Å². The van der Waals surface area contributed by atoms with Crippen molar-refractivity contribution in [2.24, 2.45) is 0 Å². The second kappa shape index (κ2) is 4.21. The van der Waals surface area contributed by atoms with Gasteiger partial charge in [0.25, 0.3) is 0 Å². The fourth-order valence-corrected chi connectivity index (χ4v) is 3.75. The summed E-state index contributed by atoms with van der Waals surface area (Å²) in [7, 11) is 1.32. The second-order valence-electron chi connectivity index (χ2n) is 6.10. The smallest absolute Gasteiger partial charge is 0.411 e. The predicted molar refractivity (Wildman–Crippen MR) is 72.3 cm³/mol. The van der Waals surface area contributed by atoms with Crippen LogP contribution in [0.4, 0.5) is 4.79 Å². The third kappa shape index (κ3) is 1.87. The number of halogens is 1. The summed E-state index contributed by atoms with van der Waals surface area (Å²) in [6.07, 6.45) is -0.600. The highest BCUT2D eigenvalue weighted by Crippen LogP contribution is 2.55. The lowest BCUT2D eigenvalue weighted by atomic mass is 9.99. The van der Waals surface area contributed by atoms with Gasteiger partial charge in [-0.3, -0.25) is 4.90 Å². The Morgan fingerprint density at radius 3 is 2.40 bits per heavy atom. The van der Waals surface area contributed by atoms with Gasteiger partial charge in [-0.2, -0.15) is 0 Å². The Balaban J connectivity index is 1.88. The standard InChI is InChI=1S/C13H16BrNO5/c1-13(2,3)20-12(17)15-7-5(11(16)18-4)6(14)8(15)10-9(7)19-10/h7-10H,1-4H3/t7-,8+,9-,10+/m1/s1. The van der Waals surface area contributed by atoms with Gasteiger partial charge in [-0.05, 0) is 20.8 Å². The van der Waals surface area contributed by atoms with Crippen LogP contribution in [0.25, 0.3) is 0 Å². The Labute approximate surface area is 125 Å². The molecular formula is C13H16BrNO5. The topological polar surface area (TPSA) is 68.4 Å². The number of nitrogens with zero attached hydrogens (tertiary/aromatic N) is 1. The van der Waals surface area contributed by atoms with Gasteiger partial charge < -0.3 is 14.2 Å². The third-order valence-corrected chi connectivity index (χ3v) is 4.50. The fraction of sp³-hybridized carbons (Fsp3) is 0.692. The lowest BCUT2D eigenvalue weighted by Crippen LogP contribution is -2.45. The Morgan fingerprint density at radius 1 is 1.25 bits per heavy atom. The maximum absolute atomic E-state index is 12.3. The zero-order chi connectivity index (χ0) is 14.8. The van der Waals surface area contributed by atoms with E-state index in [0.29, 0.717) is 10.1 Å². The summed E-state index contributed by atoms with van der Waals surface area (Å²) in [5, 5.41) is 0. The molecule has 0 radical (unpaired) electrons. The number of hydrogen-bond donors (Lipinski definition) is 0. The van der Waals surface area contributed by atoms with Crippen molar-refractivity contribution < 1.29 is 23.8 Å². The first-order valence-electron chi connectivity index (χ1n) is 6.41. The van der Waals surface area contributed by atoms with E-state index in [4.69, 9.17) is 14.2 Å². The Bertz CT molecular complexity index is 523. The number of methoxy groups -OCH3 is 1. The van der Waals surface area contributed by atoms with Crippen molar-refractivity contribution in [3.63, 3.8) is 0 Å². The molecule has 20 heavy (non-hydrogen) atoms. The molecule has 0 unspecified atom stereocenters. The Morgan fingerprint density at radius 2 is 1.85 bits per heavy atom. The zero-order valence-corrected chi connectivity index (χ0v) is 13.3. The monoisotopic (exact) mass is 345 g/mol. The molecule has 3 aliphatic rings. The molecule has 0 aromatic heterocycles. The number of carbonyl (C=O) groups is 2. The van der Waals surface area contributed by atoms with Gasteiger partial charge in [-0.25, -0.2) is 9.59 Å². The molecule has 2 saturated heterocycles. The molecule has 0 spiro atoms. The van der Waals surface area contributed by atoms with Crippen molar-refractivity contribution in [3.05, 3.63) is 10.1 Å². The van der Waals surface area contributed by atoms with E-state index in [-0.39, 0.29) is 18.2 Å². The van der Waals surface area contributed by atoms with Crippen LogP contribution in [0.1, 0.15) is 20.8 Å². The van der Waals surface area contributed by atoms with Crippen molar-refractivity contribution in [1.82, 2.24) is 4.90 Å². The molecule has 2 bridgehead atoms. The molecule has 0 aromatic carbocycles. The highest BCUT2D eigenvalue weighted by Gasteiger charge is 2.70. The second-order valence-corrected chi connectivity index (χ2v) is 6.95. The molecule has 4 atom stereocenters. The van der Waals surface area contributed by atoms with E-state index >= 15 is 0 Å². The average molecular weight is 346 g/mol. The van der Waals surface area contributed by atoms with Gasteiger partial charge in [0.2, 0.25) is 0 Å². The van der Waals surface area contributed by atoms with Gasteiger partial charge >= 0.3 is 12.1 Å². The van der Waals surface area contributed by atoms with Gasteiger partial charge in [0, 0.05) is 4.48 Å². The van der Waals surface area contributed by atoms with Crippen molar-refractivity contribution >= 4 is 28.0 Å². The molecule has 110 valence electrons. The van der Waals surface area contributed by atoms with Crippen molar-refractivity contribution in [1.29, 1.82) is 0 Å². The molecule has 0 saturated carbocycles. The van der Waals surface area contributed by atoms with E-state index in [0.717, 1.165) is 0 Å². The fourth-order valence-electron chi connectivity index (χ4n) is 2.87. The van der Waals surface area contributed by atoms with E-state index in [2.05, 4.69) is 15.9 Å². The third-order valence-electron chi connectivity index (χ3n) is 3.61. The minimum Gasteiger partial charge on any atom is -0.466 e. The largest absolute Gasteiger partial charge is 0.466 e. The zero-order valence-electron chi connectivity index (χ0n) is 11.7. The molecule has 3 aliphatic heterocycles. The summed E-state index contributed by atoms with van der Waals surface area (Å²) in [5.41, 5.74) is -0.121. The number of hydrogen-bond acceptors (Lipinski definition) is 5.